The first-order valence-corrected chi connectivity index (χ1v) is 7.00. The number of aromatic nitrogens is 4. The summed E-state index contributed by atoms with van der Waals surface area (Å²) in [7, 11) is 0. The molecule has 0 saturated carbocycles. The Kier molecular flexibility index (Phi) is 4.31. The summed E-state index contributed by atoms with van der Waals surface area (Å²) in [6.07, 6.45) is 1.95. The van der Waals surface area contributed by atoms with Gasteiger partial charge >= 0.3 is 29.6 Å². The number of para-hydroxylation sites is 2. The smallest absolute Gasteiger partial charge is 0.740 e. The van der Waals surface area contributed by atoms with Gasteiger partial charge in [-0.3, -0.25) is 4.57 Å². The van der Waals surface area contributed by atoms with Crippen LogP contribution in [0.4, 0.5) is 0 Å². The van der Waals surface area contributed by atoms with E-state index in [2.05, 4.69) is 21.2 Å². The molecule has 0 unspecified atom stereocenters. The van der Waals surface area contributed by atoms with E-state index in [9.17, 15) is 0 Å². The molecule has 0 bridgehead atoms. The van der Waals surface area contributed by atoms with E-state index in [1.54, 1.807) is 0 Å². The number of nitrogens with zero attached hydrogens (tertiary/aromatic N) is 3. The largest absolute Gasteiger partial charge is 1.00 e. The molecule has 0 fully saturated rings. The fraction of sp³-hybridized carbons (Fsp3) is 0. The van der Waals surface area contributed by atoms with E-state index in [-0.39, 0.29) is 29.6 Å². The summed E-state index contributed by atoms with van der Waals surface area (Å²) < 4.78 is 1.89. The molecule has 102 valence electrons. The summed E-state index contributed by atoms with van der Waals surface area (Å²) >= 11 is 5.33. The number of rotatable bonds is 2. The van der Waals surface area contributed by atoms with Crippen molar-refractivity contribution < 1.29 is 29.6 Å². The van der Waals surface area contributed by atoms with Crippen LogP contribution in [0.3, 0.4) is 0 Å². The van der Waals surface area contributed by atoms with Gasteiger partial charge in [-0.2, -0.15) is 5.10 Å². The Hall–Kier alpha value is -1.66. The zero-order valence-corrected chi connectivity index (χ0v) is 14.8. The molecule has 0 spiro atoms. The molecule has 0 atom stereocenters. The van der Waals surface area contributed by atoms with Gasteiger partial charge in [-0.05, 0) is 18.2 Å². The normalized spacial score (nSPS) is 10.5. The van der Waals surface area contributed by atoms with Crippen molar-refractivity contribution in [2.45, 2.75) is 5.16 Å². The molecule has 0 saturated heterocycles. The molecule has 4 nitrogen and oxygen atoms in total. The number of H-pyrrole nitrogens is 1. The molecular weight excluding hydrogens is 303 g/mol. The van der Waals surface area contributed by atoms with Crippen molar-refractivity contribution in [3.63, 3.8) is 0 Å². The van der Waals surface area contributed by atoms with Crippen LogP contribution >= 0.6 is 0 Å². The van der Waals surface area contributed by atoms with Crippen LogP contribution in [-0.2, 0) is 12.6 Å². The Morgan fingerprint density at radius 3 is 2.45 bits per heavy atom. The predicted molar refractivity (Wildman–Crippen MR) is 84.3 cm³/mol. The zero-order chi connectivity index (χ0) is 14.2. The number of hydrogen-bond donors (Lipinski definition) is 1. The van der Waals surface area contributed by atoms with E-state index < -0.39 is 0 Å². The van der Waals surface area contributed by atoms with Gasteiger partial charge in [-0.15, -0.1) is 5.10 Å². The molecule has 0 aliphatic rings. The van der Waals surface area contributed by atoms with E-state index in [1.807, 2.05) is 59.3 Å². The van der Waals surface area contributed by atoms with Crippen LogP contribution in [0.25, 0.3) is 28.0 Å². The van der Waals surface area contributed by atoms with Crippen molar-refractivity contribution in [2.24, 2.45) is 0 Å². The Morgan fingerprint density at radius 1 is 0.909 bits per heavy atom. The van der Waals surface area contributed by atoms with E-state index >= 15 is 0 Å². The van der Waals surface area contributed by atoms with Crippen molar-refractivity contribution in [1.29, 1.82) is 0 Å². The maximum Gasteiger partial charge on any atom is 1.00 e. The summed E-state index contributed by atoms with van der Waals surface area (Å²) in [5.74, 6) is 0.753. The van der Waals surface area contributed by atoms with Crippen molar-refractivity contribution in [1.82, 2.24) is 19.7 Å². The molecule has 2 aromatic carbocycles. The summed E-state index contributed by atoms with van der Waals surface area (Å²) in [5.41, 5.74) is 3.03. The van der Waals surface area contributed by atoms with Crippen LogP contribution in [0.15, 0.2) is 66.0 Å². The van der Waals surface area contributed by atoms with E-state index in [0.29, 0.717) is 5.16 Å². The molecule has 0 aliphatic carbocycles. The van der Waals surface area contributed by atoms with Crippen molar-refractivity contribution >= 4 is 23.5 Å². The van der Waals surface area contributed by atoms with Gasteiger partial charge < -0.3 is 17.6 Å². The fourth-order valence-corrected chi connectivity index (χ4v) is 2.74. The van der Waals surface area contributed by atoms with Crippen molar-refractivity contribution in [2.75, 3.05) is 0 Å². The second-order valence-electron chi connectivity index (χ2n) is 4.73. The first-order valence-electron chi connectivity index (χ1n) is 6.59. The fourth-order valence-electron chi connectivity index (χ4n) is 2.51. The van der Waals surface area contributed by atoms with Crippen LogP contribution in [0.2, 0.25) is 0 Å². The average Bonchev–Trinajstić information content (AvgIpc) is 3.11. The quantitative estimate of drug-likeness (QED) is 0.428. The molecule has 1 N–H and O–H groups in total. The van der Waals surface area contributed by atoms with Crippen LogP contribution in [-0.4, -0.2) is 19.7 Å². The average molecular weight is 314 g/mol. The van der Waals surface area contributed by atoms with Gasteiger partial charge in [-0.1, -0.05) is 36.4 Å². The minimum Gasteiger partial charge on any atom is -0.740 e. The Labute approximate surface area is 155 Å². The van der Waals surface area contributed by atoms with Gasteiger partial charge in [-0.25, -0.2) is 0 Å². The molecule has 4 aromatic rings. The van der Waals surface area contributed by atoms with Gasteiger partial charge in [0.15, 0.2) is 5.82 Å². The molecule has 2 aromatic heterocycles. The summed E-state index contributed by atoms with van der Waals surface area (Å²) in [5, 5.41) is 9.91. The van der Waals surface area contributed by atoms with Crippen LogP contribution in [0.5, 0.6) is 0 Å². The van der Waals surface area contributed by atoms with E-state index in [1.165, 1.54) is 0 Å². The third-order valence-corrected chi connectivity index (χ3v) is 3.74. The van der Waals surface area contributed by atoms with Gasteiger partial charge in [0.2, 0.25) is 0 Å². The third kappa shape index (κ3) is 2.46. The van der Waals surface area contributed by atoms with Crippen molar-refractivity contribution in [3.8, 4) is 17.1 Å². The third-order valence-electron chi connectivity index (χ3n) is 3.48. The monoisotopic (exact) mass is 314 g/mol. The number of nitrogens with one attached hydrogen (secondary N) is 1. The van der Waals surface area contributed by atoms with E-state index in [4.69, 9.17) is 12.6 Å². The SMILES string of the molecule is [Na+].[S-]c1nnc(-c2c[nH]c3ccccc23)n1-c1ccccc1. The minimum absolute atomic E-state index is 0. The van der Waals surface area contributed by atoms with Gasteiger partial charge in [0, 0.05) is 33.5 Å². The molecule has 0 amide bonds. The second-order valence-corrected chi connectivity index (χ2v) is 5.09. The first-order chi connectivity index (χ1) is 10.3. The Bertz CT molecular complexity index is 914. The number of benzene rings is 2. The Morgan fingerprint density at radius 2 is 1.64 bits per heavy atom. The minimum atomic E-state index is 0. The van der Waals surface area contributed by atoms with Crippen LogP contribution in [0.1, 0.15) is 0 Å². The molecule has 2 heterocycles. The molecule has 0 radical (unpaired) electrons. The maximum atomic E-state index is 5.33. The van der Waals surface area contributed by atoms with Gasteiger partial charge in [0.1, 0.15) is 0 Å². The van der Waals surface area contributed by atoms with Crippen LogP contribution < -0.4 is 29.6 Å². The van der Waals surface area contributed by atoms with E-state index in [0.717, 1.165) is 28.0 Å². The molecule has 4 rings (SSSR count). The number of fused-ring (bicyclic) bond motifs is 1. The van der Waals surface area contributed by atoms with Crippen molar-refractivity contribution in [3.05, 3.63) is 60.8 Å². The van der Waals surface area contributed by atoms with Gasteiger partial charge in [0.05, 0.1) is 0 Å². The number of hydrogen-bond acceptors (Lipinski definition) is 3. The summed E-state index contributed by atoms with van der Waals surface area (Å²) in [6, 6.07) is 18.0. The zero-order valence-electron chi connectivity index (χ0n) is 12.0. The first kappa shape index (κ1) is 15.2. The molecule has 6 heteroatoms. The molecular formula is C16H11N4NaS. The second kappa shape index (κ2) is 6.22. The van der Waals surface area contributed by atoms with Gasteiger partial charge in [0.25, 0.3) is 0 Å². The topological polar surface area (TPSA) is 46.5 Å². The number of aromatic amines is 1. The molecule has 0 aliphatic heterocycles. The maximum absolute atomic E-state index is 5.33. The summed E-state index contributed by atoms with van der Waals surface area (Å²) in [4.78, 5) is 3.26. The predicted octanol–water partition coefficient (Wildman–Crippen LogP) is 0.325. The standard InChI is InChI=1S/C16H12N4S.Na/c21-16-19-18-15(20(16)11-6-2-1-3-7-11)13-10-17-14-9-5-4-8-12(13)14;/h1-10,17H,(H,19,21);/q;+1/p-1. The molecule has 22 heavy (non-hydrogen) atoms. The van der Waals surface area contributed by atoms with Crippen LogP contribution in [0, 0.1) is 0 Å². The Balaban J connectivity index is 0.00000144. The summed E-state index contributed by atoms with van der Waals surface area (Å²) in [6.45, 7) is 0.